The van der Waals surface area contributed by atoms with Crippen molar-refractivity contribution < 1.29 is 4.79 Å². The Balaban J connectivity index is 1.97. The number of aromatic nitrogens is 3. The molecule has 2 aromatic heterocycles. The van der Waals surface area contributed by atoms with Crippen LogP contribution in [0.3, 0.4) is 0 Å². The van der Waals surface area contributed by atoms with Gasteiger partial charge >= 0.3 is 0 Å². The fourth-order valence-electron chi connectivity index (χ4n) is 1.43. The minimum absolute atomic E-state index is 0.237. The third-order valence-corrected chi connectivity index (χ3v) is 2.54. The van der Waals surface area contributed by atoms with Gasteiger partial charge in [0.25, 0.3) is 5.91 Å². The largest absolute Gasteiger partial charge is 0.346 e. The second kappa shape index (κ2) is 5.28. The Morgan fingerprint density at radius 3 is 2.83 bits per heavy atom. The van der Waals surface area contributed by atoms with Crippen molar-refractivity contribution in [2.45, 2.75) is 13.5 Å². The molecule has 7 nitrogen and oxygen atoms in total. The van der Waals surface area contributed by atoms with Gasteiger partial charge in [0, 0.05) is 17.8 Å². The maximum absolute atomic E-state index is 11.8. The molecule has 0 spiro atoms. The molecule has 2 aromatic rings. The molecule has 0 unspecified atom stereocenters. The van der Waals surface area contributed by atoms with Crippen molar-refractivity contribution in [1.29, 1.82) is 0 Å². The van der Waals surface area contributed by atoms with Crippen molar-refractivity contribution in [3.63, 3.8) is 0 Å². The zero-order valence-corrected chi connectivity index (χ0v) is 9.90. The van der Waals surface area contributed by atoms with Crippen molar-refractivity contribution in [2.75, 3.05) is 5.43 Å². The Labute approximate surface area is 104 Å². The van der Waals surface area contributed by atoms with Crippen LogP contribution in [-0.2, 0) is 6.54 Å². The van der Waals surface area contributed by atoms with E-state index in [1.165, 1.54) is 6.20 Å². The number of nitrogens with two attached hydrogens (primary N) is 1. The number of nitrogens with one attached hydrogen (secondary N) is 3. The van der Waals surface area contributed by atoms with Gasteiger partial charge in [-0.25, -0.2) is 4.98 Å². The summed E-state index contributed by atoms with van der Waals surface area (Å²) in [7, 11) is 0. The van der Waals surface area contributed by atoms with E-state index >= 15 is 0 Å². The summed E-state index contributed by atoms with van der Waals surface area (Å²) in [5.74, 6) is 4.98. The molecule has 0 radical (unpaired) electrons. The number of aromatic amines is 1. The van der Waals surface area contributed by atoms with Gasteiger partial charge in [0.15, 0.2) is 0 Å². The summed E-state index contributed by atoms with van der Waals surface area (Å²) in [5.41, 5.74) is 5.33. The maximum Gasteiger partial charge on any atom is 0.270 e. The van der Waals surface area contributed by atoms with Crippen LogP contribution in [-0.4, -0.2) is 21.1 Å². The standard InChI is InChI=1S/C11H14N6O/c1-7-8(5-15-17-7)4-14-11(18)10-3-2-9(16-12)6-13-10/h2-3,5-6,16H,4,12H2,1H3,(H,14,18)(H,15,17). The van der Waals surface area contributed by atoms with Gasteiger partial charge in [-0.3, -0.25) is 15.7 Å². The summed E-state index contributed by atoms with van der Waals surface area (Å²) in [4.78, 5) is 15.8. The third-order valence-electron chi connectivity index (χ3n) is 2.54. The highest BCUT2D eigenvalue weighted by atomic mass is 16.1. The molecule has 18 heavy (non-hydrogen) atoms. The number of nitrogens with zero attached hydrogens (tertiary/aromatic N) is 2. The zero-order valence-electron chi connectivity index (χ0n) is 9.90. The van der Waals surface area contributed by atoms with Gasteiger partial charge in [-0.2, -0.15) is 5.10 Å². The number of rotatable bonds is 4. The molecule has 2 heterocycles. The van der Waals surface area contributed by atoms with Crippen molar-refractivity contribution in [2.24, 2.45) is 5.84 Å². The maximum atomic E-state index is 11.8. The first kappa shape index (κ1) is 12.1. The van der Waals surface area contributed by atoms with Gasteiger partial charge in [-0.05, 0) is 19.1 Å². The summed E-state index contributed by atoms with van der Waals surface area (Å²) in [6.07, 6.45) is 3.18. The molecular weight excluding hydrogens is 232 g/mol. The van der Waals surface area contributed by atoms with Crippen LogP contribution < -0.4 is 16.6 Å². The van der Waals surface area contributed by atoms with Crippen LogP contribution in [0.4, 0.5) is 5.69 Å². The van der Waals surface area contributed by atoms with Crippen LogP contribution in [0.15, 0.2) is 24.5 Å². The monoisotopic (exact) mass is 246 g/mol. The van der Waals surface area contributed by atoms with E-state index in [1.54, 1.807) is 18.3 Å². The predicted octanol–water partition coefficient (Wildman–Crippen LogP) is 0.329. The molecule has 2 rings (SSSR count). The fraction of sp³-hybridized carbons (Fsp3) is 0.182. The average Bonchev–Trinajstić information content (AvgIpc) is 2.81. The SMILES string of the molecule is Cc1[nH]ncc1CNC(=O)c1ccc(NN)cn1. The summed E-state index contributed by atoms with van der Waals surface area (Å²) in [5, 5.41) is 9.46. The van der Waals surface area contributed by atoms with Gasteiger partial charge in [-0.15, -0.1) is 0 Å². The highest BCUT2D eigenvalue weighted by molar-refractivity contribution is 5.92. The Kier molecular flexibility index (Phi) is 3.54. The number of H-pyrrole nitrogens is 1. The lowest BCUT2D eigenvalue weighted by atomic mass is 10.2. The molecule has 0 saturated heterocycles. The van der Waals surface area contributed by atoms with Gasteiger partial charge in [-0.1, -0.05) is 0 Å². The van der Waals surface area contributed by atoms with Crippen molar-refractivity contribution in [1.82, 2.24) is 20.5 Å². The van der Waals surface area contributed by atoms with E-state index in [4.69, 9.17) is 5.84 Å². The first-order chi connectivity index (χ1) is 8.70. The number of pyridine rings is 1. The molecular formula is C11H14N6O. The Morgan fingerprint density at radius 2 is 2.28 bits per heavy atom. The van der Waals surface area contributed by atoms with Crippen LogP contribution in [0.5, 0.6) is 0 Å². The molecule has 0 aliphatic carbocycles. The number of amides is 1. The smallest absolute Gasteiger partial charge is 0.270 e. The van der Waals surface area contributed by atoms with Gasteiger partial charge in [0.05, 0.1) is 18.1 Å². The minimum atomic E-state index is -0.237. The number of nitrogen functional groups attached to an aromatic ring is 1. The summed E-state index contributed by atoms with van der Waals surface area (Å²) in [6.45, 7) is 2.31. The fourth-order valence-corrected chi connectivity index (χ4v) is 1.43. The second-order valence-corrected chi connectivity index (χ2v) is 3.78. The van der Waals surface area contributed by atoms with E-state index in [1.807, 2.05) is 6.92 Å². The minimum Gasteiger partial charge on any atom is -0.346 e. The van der Waals surface area contributed by atoms with E-state index < -0.39 is 0 Å². The molecule has 7 heteroatoms. The highest BCUT2D eigenvalue weighted by Crippen LogP contribution is 2.05. The number of carbonyl (C=O) groups excluding carboxylic acids is 1. The Morgan fingerprint density at radius 1 is 1.44 bits per heavy atom. The molecule has 1 amide bonds. The third kappa shape index (κ3) is 2.64. The lowest BCUT2D eigenvalue weighted by Crippen LogP contribution is -2.24. The quantitative estimate of drug-likeness (QED) is 0.459. The number of anilines is 1. The van der Waals surface area contributed by atoms with Crippen LogP contribution in [0.1, 0.15) is 21.7 Å². The first-order valence-corrected chi connectivity index (χ1v) is 5.40. The van der Waals surface area contributed by atoms with E-state index in [0.29, 0.717) is 17.9 Å². The molecule has 5 N–H and O–H groups in total. The number of hydrogen-bond acceptors (Lipinski definition) is 5. The average molecular weight is 246 g/mol. The lowest BCUT2D eigenvalue weighted by molar-refractivity contribution is 0.0946. The summed E-state index contributed by atoms with van der Waals surface area (Å²) < 4.78 is 0. The van der Waals surface area contributed by atoms with Crippen molar-refractivity contribution in [3.8, 4) is 0 Å². The van der Waals surface area contributed by atoms with E-state index in [2.05, 4.69) is 25.9 Å². The molecule has 0 saturated carbocycles. The van der Waals surface area contributed by atoms with Crippen molar-refractivity contribution in [3.05, 3.63) is 41.5 Å². The molecule has 0 aromatic carbocycles. The molecule has 0 aliphatic heterocycles. The second-order valence-electron chi connectivity index (χ2n) is 3.78. The van der Waals surface area contributed by atoms with Crippen LogP contribution in [0.2, 0.25) is 0 Å². The Hall–Kier alpha value is -2.41. The van der Waals surface area contributed by atoms with E-state index in [0.717, 1.165) is 11.3 Å². The number of carbonyl (C=O) groups is 1. The van der Waals surface area contributed by atoms with E-state index in [-0.39, 0.29) is 5.91 Å². The van der Waals surface area contributed by atoms with Crippen LogP contribution in [0, 0.1) is 6.92 Å². The summed E-state index contributed by atoms with van der Waals surface area (Å²) >= 11 is 0. The summed E-state index contributed by atoms with van der Waals surface area (Å²) in [6, 6.07) is 3.29. The number of aryl methyl sites for hydroxylation is 1. The van der Waals surface area contributed by atoms with E-state index in [9.17, 15) is 4.79 Å². The molecule has 0 atom stereocenters. The molecule has 0 fully saturated rings. The molecule has 0 aliphatic rings. The van der Waals surface area contributed by atoms with Crippen LogP contribution in [0.25, 0.3) is 0 Å². The normalized spacial score (nSPS) is 10.1. The molecule has 94 valence electrons. The first-order valence-electron chi connectivity index (χ1n) is 5.40. The zero-order chi connectivity index (χ0) is 13.0. The van der Waals surface area contributed by atoms with Crippen LogP contribution >= 0.6 is 0 Å². The number of hydrazine groups is 1. The van der Waals surface area contributed by atoms with Gasteiger partial charge in [0.2, 0.25) is 0 Å². The number of hydrogen-bond donors (Lipinski definition) is 4. The lowest BCUT2D eigenvalue weighted by Gasteiger charge is -2.04. The van der Waals surface area contributed by atoms with Gasteiger partial charge < -0.3 is 10.7 Å². The Bertz CT molecular complexity index is 533. The van der Waals surface area contributed by atoms with Gasteiger partial charge in [0.1, 0.15) is 5.69 Å². The molecule has 0 bridgehead atoms. The highest BCUT2D eigenvalue weighted by Gasteiger charge is 2.08. The van der Waals surface area contributed by atoms with Crippen molar-refractivity contribution >= 4 is 11.6 Å². The predicted molar refractivity (Wildman–Crippen MR) is 66.5 cm³/mol. The topological polar surface area (TPSA) is 109 Å².